The van der Waals surface area contributed by atoms with Gasteiger partial charge in [-0.25, -0.2) is 4.39 Å². The number of fused-ring (bicyclic) bond motifs is 4. The van der Waals surface area contributed by atoms with E-state index < -0.39 is 47.1 Å². The second-order valence-corrected chi connectivity index (χ2v) is 8.67. The lowest BCUT2D eigenvalue weighted by atomic mass is 9.57. The maximum absolute atomic E-state index is 14.2. The van der Waals surface area contributed by atoms with E-state index in [1.807, 2.05) is 6.08 Å². The number of imide groups is 2. The number of phenols is 1. The average Bonchev–Trinajstić information content (AvgIpc) is 3.09. The summed E-state index contributed by atoms with van der Waals surface area (Å²) in [6.07, 6.45) is 2.48. The maximum atomic E-state index is 14.2. The molecule has 1 aromatic rings. The molecular weight excluding hydrogens is 391 g/mol. The van der Waals surface area contributed by atoms with Crippen molar-refractivity contribution in [2.75, 3.05) is 14.1 Å². The first-order valence-electron chi connectivity index (χ1n) is 10.0. The lowest BCUT2D eigenvalue weighted by Crippen LogP contribution is -2.43. The number of aromatic hydroxyl groups is 1. The third-order valence-electron chi connectivity index (χ3n) is 7.44. The minimum atomic E-state index is -0.808. The standard InChI is InChI=1S/C22H21FN2O5/c1-24-19(27)11-7-6-9-12(16(11)21(24)29)8-13-17(22(30)25(2)20(13)28)15(9)10-4-3-5-14(23)18(10)26/h3-6,11-13,15-17,26H,7-8H2,1-2H3. The van der Waals surface area contributed by atoms with Crippen LogP contribution in [0.3, 0.4) is 0 Å². The number of carbonyl (C=O) groups excluding carboxylic acids is 4. The Morgan fingerprint density at radius 2 is 1.53 bits per heavy atom. The van der Waals surface area contributed by atoms with Crippen molar-refractivity contribution in [2.24, 2.45) is 29.6 Å². The Morgan fingerprint density at radius 3 is 2.23 bits per heavy atom. The van der Waals surface area contributed by atoms with E-state index in [1.54, 1.807) is 6.07 Å². The van der Waals surface area contributed by atoms with E-state index >= 15 is 0 Å². The van der Waals surface area contributed by atoms with Crippen LogP contribution in [0.1, 0.15) is 24.3 Å². The van der Waals surface area contributed by atoms with E-state index in [9.17, 15) is 28.7 Å². The number of nitrogens with zero attached hydrogens (tertiary/aromatic N) is 2. The van der Waals surface area contributed by atoms with Crippen LogP contribution < -0.4 is 0 Å². The summed E-state index contributed by atoms with van der Waals surface area (Å²) >= 11 is 0. The Kier molecular flexibility index (Phi) is 3.94. The lowest BCUT2D eigenvalue weighted by Gasteiger charge is -2.44. The Balaban J connectivity index is 1.69. The molecule has 1 N–H and O–H groups in total. The molecule has 4 amide bonds. The minimum absolute atomic E-state index is 0.237. The molecule has 1 aromatic carbocycles. The molecule has 2 aliphatic heterocycles. The highest BCUT2D eigenvalue weighted by Crippen LogP contribution is 2.58. The molecule has 0 spiro atoms. The molecule has 0 aromatic heterocycles. The number of carbonyl (C=O) groups is 4. The lowest BCUT2D eigenvalue weighted by molar-refractivity contribution is -0.140. The third kappa shape index (κ3) is 2.24. The van der Waals surface area contributed by atoms with Crippen molar-refractivity contribution in [1.29, 1.82) is 0 Å². The fourth-order valence-electron chi connectivity index (χ4n) is 6.03. The van der Waals surface area contributed by atoms with Crippen LogP contribution in [0.15, 0.2) is 29.8 Å². The van der Waals surface area contributed by atoms with Crippen molar-refractivity contribution >= 4 is 23.6 Å². The molecule has 3 fully saturated rings. The van der Waals surface area contributed by atoms with Crippen LogP contribution in [-0.4, -0.2) is 52.6 Å². The van der Waals surface area contributed by atoms with Crippen molar-refractivity contribution in [3.8, 4) is 5.75 Å². The molecule has 6 atom stereocenters. The summed E-state index contributed by atoms with van der Waals surface area (Å²) < 4.78 is 14.2. The van der Waals surface area contributed by atoms with Crippen molar-refractivity contribution in [1.82, 2.24) is 9.80 Å². The molecule has 156 valence electrons. The highest BCUT2D eigenvalue weighted by molar-refractivity contribution is 6.07. The van der Waals surface area contributed by atoms with E-state index in [4.69, 9.17) is 0 Å². The predicted molar refractivity (Wildman–Crippen MR) is 101 cm³/mol. The number of halogens is 1. The number of para-hydroxylation sites is 1. The molecule has 7 nitrogen and oxygen atoms in total. The first-order chi connectivity index (χ1) is 14.2. The van der Waals surface area contributed by atoms with Crippen LogP contribution in [0.2, 0.25) is 0 Å². The zero-order valence-corrected chi connectivity index (χ0v) is 16.5. The smallest absolute Gasteiger partial charge is 0.233 e. The van der Waals surface area contributed by atoms with Gasteiger partial charge in [-0.2, -0.15) is 0 Å². The number of hydrogen-bond donors (Lipinski definition) is 1. The number of amides is 4. The molecule has 1 saturated carbocycles. The van der Waals surface area contributed by atoms with Crippen molar-refractivity contribution in [3.05, 3.63) is 41.2 Å². The number of likely N-dealkylation sites (tertiary alicyclic amines) is 2. The summed E-state index contributed by atoms with van der Waals surface area (Å²) in [5.41, 5.74) is 0.979. The van der Waals surface area contributed by atoms with Gasteiger partial charge < -0.3 is 5.11 Å². The monoisotopic (exact) mass is 412 g/mol. The van der Waals surface area contributed by atoms with E-state index in [-0.39, 0.29) is 35.6 Å². The van der Waals surface area contributed by atoms with Crippen LogP contribution >= 0.6 is 0 Å². The van der Waals surface area contributed by atoms with Crippen molar-refractivity contribution in [2.45, 2.75) is 18.8 Å². The summed E-state index contributed by atoms with van der Waals surface area (Å²) in [4.78, 5) is 53.4. The van der Waals surface area contributed by atoms with Gasteiger partial charge in [0.05, 0.1) is 23.7 Å². The molecule has 4 aliphatic rings. The van der Waals surface area contributed by atoms with Crippen LogP contribution in [0, 0.1) is 35.4 Å². The Labute approximate surface area is 172 Å². The van der Waals surface area contributed by atoms with Crippen LogP contribution in [0.4, 0.5) is 4.39 Å². The average molecular weight is 412 g/mol. The molecule has 5 rings (SSSR count). The molecule has 8 heteroatoms. The van der Waals surface area contributed by atoms with E-state index in [2.05, 4.69) is 0 Å². The van der Waals surface area contributed by atoms with Gasteiger partial charge in [0.25, 0.3) is 0 Å². The first-order valence-corrected chi connectivity index (χ1v) is 10.0. The van der Waals surface area contributed by atoms with Gasteiger partial charge in [-0.05, 0) is 24.8 Å². The molecule has 2 saturated heterocycles. The zero-order valence-electron chi connectivity index (χ0n) is 16.5. The molecule has 6 unspecified atom stereocenters. The zero-order chi connectivity index (χ0) is 21.5. The number of benzene rings is 1. The van der Waals surface area contributed by atoms with Gasteiger partial charge >= 0.3 is 0 Å². The topological polar surface area (TPSA) is 95.0 Å². The predicted octanol–water partition coefficient (Wildman–Crippen LogP) is 1.43. The molecule has 0 bridgehead atoms. The SMILES string of the molecule is CN1C(=O)C2CC=C3C(CC4C(=O)N(C)C(=O)C4C3c3cccc(F)c3O)C2C1=O. The van der Waals surface area contributed by atoms with E-state index in [0.717, 1.165) is 21.4 Å². The van der Waals surface area contributed by atoms with Gasteiger partial charge in [-0.15, -0.1) is 0 Å². The molecule has 30 heavy (non-hydrogen) atoms. The summed E-state index contributed by atoms with van der Waals surface area (Å²) in [7, 11) is 2.88. The van der Waals surface area contributed by atoms with Gasteiger partial charge in [-0.3, -0.25) is 29.0 Å². The Hall–Kier alpha value is -3.03. The largest absolute Gasteiger partial charge is 0.505 e. The maximum Gasteiger partial charge on any atom is 0.233 e. The second-order valence-electron chi connectivity index (χ2n) is 8.67. The van der Waals surface area contributed by atoms with Gasteiger partial charge in [0.1, 0.15) is 0 Å². The number of allylic oxidation sites excluding steroid dienone is 2. The number of hydrogen-bond acceptors (Lipinski definition) is 5. The summed E-state index contributed by atoms with van der Waals surface area (Å²) in [6, 6.07) is 4.14. The van der Waals surface area contributed by atoms with Gasteiger partial charge in [0.2, 0.25) is 23.6 Å². The van der Waals surface area contributed by atoms with Crippen LogP contribution in [0.25, 0.3) is 0 Å². The van der Waals surface area contributed by atoms with Gasteiger partial charge in [0, 0.05) is 25.6 Å². The third-order valence-corrected chi connectivity index (χ3v) is 7.44. The fraction of sp³-hybridized carbons (Fsp3) is 0.455. The van der Waals surface area contributed by atoms with Crippen molar-refractivity contribution < 1.29 is 28.7 Å². The number of phenolic OH excluding ortho intramolecular Hbond substituents is 1. The van der Waals surface area contributed by atoms with E-state index in [0.29, 0.717) is 6.42 Å². The first kappa shape index (κ1) is 19.0. The molecule has 2 heterocycles. The van der Waals surface area contributed by atoms with Gasteiger partial charge in [0.15, 0.2) is 11.6 Å². The van der Waals surface area contributed by atoms with Crippen LogP contribution in [0.5, 0.6) is 5.75 Å². The van der Waals surface area contributed by atoms with Gasteiger partial charge in [-0.1, -0.05) is 23.8 Å². The number of rotatable bonds is 1. The van der Waals surface area contributed by atoms with Crippen molar-refractivity contribution in [3.63, 3.8) is 0 Å². The molecule has 2 aliphatic carbocycles. The summed E-state index contributed by atoms with van der Waals surface area (Å²) in [5.74, 6) is -6.25. The summed E-state index contributed by atoms with van der Waals surface area (Å²) in [5, 5.41) is 10.5. The second kappa shape index (κ2) is 6.23. The fourth-order valence-corrected chi connectivity index (χ4v) is 6.03. The summed E-state index contributed by atoms with van der Waals surface area (Å²) in [6.45, 7) is 0. The highest BCUT2D eigenvalue weighted by atomic mass is 19.1. The molecular formula is C22H21FN2O5. The van der Waals surface area contributed by atoms with Crippen LogP contribution in [-0.2, 0) is 19.2 Å². The quantitative estimate of drug-likeness (QED) is 0.556. The normalized spacial score (nSPS) is 35.4. The molecule has 0 radical (unpaired) electrons. The highest BCUT2D eigenvalue weighted by Gasteiger charge is 2.61. The van der Waals surface area contributed by atoms with E-state index in [1.165, 1.54) is 20.2 Å². The minimum Gasteiger partial charge on any atom is -0.505 e. The Bertz CT molecular complexity index is 1050. The Morgan fingerprint density at radius 1 is 0.900 bits per heavy atom.